The van der Waals surface area contributed by atoms with Crippen LogP contribution in [0.25, 0.3) is 32.9 Å². The zero-order valence-electron chi connectivity index (χ0n) is 18.5. The summed E-state index contributed by atoms with van der Waals surface area (Å²) in [7, 11) is 3.05. The summed E-state index contributed by atoms with van der Waals surface area (Å²) >= 11 is 0. The zero-order chi connectivity index (χ0) is 23.8. The standard InChI is InChI=1S/C25H21N5O4/c1-30(25(32)33)24-26-20-8-7-15(13-22(20)27-24)16-9-14(10-17(12-16)34-2)11-21-18-5-3-4-6-19(18)23(31)29-28-21/h3-10,12-13H,11H2,1-2H3,(H,26,27)(H,29,31)(H,32,33). The van der Waals surface area contributed by atoms with Crippen LogP contribution in [0.1, 0.15) is 11.3 Å². The summed E-state index contributed by atoms with van der Waals surface area (Å²) < 4.78 is 5.54. The number of carboxylic acid groups (broad SMARTS) is 1. The lowest BCUT2D eigenvalue weighted by molar-refractivity contribution is 0.203. The second-order valence-electron chi connectivity index (χ2n) is 7.93. The Balaban J connectivity index is 1.55. The topological polar surface area (TPSA) is 124 Å². The van der Waals surface area contributed by atoms with Crippen LogP contribution in [0.2, 0.25) is 0 Å². The van der Waals surface area contributed by atoms with Gasteiger partial charge in [-0.2, -0.15) is 5.10 Å². The van der Waals surface area contributed by atoms with Gasteiger partial charge in [0, 0.05) is 18.9 Å². The quantitative estimate of drug-likeness (QED) is 0.365. The van der Waals surface area contributed by atoms with E-state index in [1.165, 1.54) is 7.05 Å². The predicted molar refractivity (Wildman–Crippen MR) is 130 cm³/mol. The molecule has 1 amide bonds. The lowest BCUT2D eigenvalue weighted by atomic mass is 9.98. The maximum Gasteiger partial charge on any atom is 0.413 e. The number of aromatic amines is 2. The van der Waals surface area contributed by atoms with Gasteiger partial charge in [-0.1, -0.05) is 30.3 Å². The highest BCUT2D eigenvalue weighted by Gasteiger charge is 2.14. The van der Waals surface area contributed by atoms with Crippen molar-refractivity contribution in [1.29, 1.82) is 0 Å². The SMILES string of the molecule is COc1cc(Cc2n[nH]c(=O)c3ccccc23)cc(-c2ccc3nc(N(C)C(=O)O)[nH]c3c2)c1. The third-order valence-corrected chi connectivity index (χ3v) is 5.76. The molecule has 0 aliphatic heterocycles. The summed E-state index contributed by atoms with van der Waals surface area (Å²) in [6, 6.07) is 19.0. The van der Waals surface area contributed by atoms with E-state index in [-0.39, 0.29) is 11.5 Å². The van der Waals surface area contributed by atoms with Gasteiger partial charge >= 0.3 is 6.09 Å². The third-order valence-electron chi connectivity index (χ3n) is 5.76. The van der Waals surface area contributed by atoms with E-state index in [1.807, 2.05) is 54.6 Å². The highest BCUT2D eigenvalue weighted by Crippen LogP contribution is 2.30. The van der Waals surface area contributed by atoms with Crippen molar-refractivity contribution < 1.29 is 14.6 Å². The Hall–Kier alpha value is -4.66. The number of fused-ring (bicyclic) bond motifs is 2. The average Bonchev–Trinajstić information content (AvgIpc) is 3.28. The van der Waals surface area contributed by atoms with Crippen LogP contribution in [-0.4, -0.2) is 45.5 Å². The third kappa shape index (κ3) is 3.83. The van der Waals surface area contributed by atoms with Crippen molar-refractivity contribution in [2.24, 2.45) is 0 Å². The van der Waals surface area contributed by atoms with E-state index in [0.29, 0.717) is 23.1 Å². The van der Waals surface area contributed by atoms with Crippen LogP contribution in [0.5, 0.6) is 5.75 Å². The van der Waals surface area contributed by atoms with E-state index < -0.39 is 6.09 Å². The molecule has 0 aliphatic rings. The number of hydrogen-bond acceptors (Lipinski definition) is 5. The Bertz CT molecular complexity index is 1600. The molecule has 9 nitrogen and oxygen atoms in total. The number of nitrogens with zero attached hydrogens (tertiary/aromatic N) is 3. The van der Waals surface area contributed by atoms with Crippen LogP contribution in [-0.2, 0) is 6.42 Å². The van der Waals surface area contributed by atoms with Gasteiger partial charge < -0.3 is 14.8 Å². The molecule has 0 spiro atoms. The van der Waals surface area contributed by atoms with Gasteiger partial charge in [-0.3, -0.25) is 9.69 Å². The van der Waals surface area contributed by atoms with Crippen LogP contribution in [0.4, 0.5) is 10.7 Å². The molecule has 170 valence electrons. The van der Waals surface area contributed by atoms with E-state index in [4.69, 9.17) is 4.74 Å². The number of rotatable bonds is 5. The fourth-order valence-corrected chi connectivity index (χ4v) is 3.97. The molecule has 2 aromatic heterocycles. The van der Waals surface area contributed by atoms with Crippen LogP contribution >= 0.6 is 0 Å². The normalized spacial score (nSPS) is 11.1. The van der Waals surface area contributed by atoms with Gasteiger partial charge in [0.05, 0.1) is 29.2 Å². The molecule has 5 aromatic rings. The molecule has 0 bridgehead atoms. The van der Waals surface area contributed by atoms with E-state index in [1.54, 1.807) is 13.2 Å². The Morgan fingerprint density at radius 1 is 1.06 bits per heavy atom. The van der Waals surface area contributed by atoms with Gasteiger partial charge in [-0.25, -0.2) is 14.9 Å². The number of imidazole rings is 1. The number of benzene rings is 3. The lowest BCUT2D eigenvalue weighted by Gasteiger charge is -2.11. The first-order chi connectivity index (χ1) is 16.4. The summed E-state index contributed by atoms with van der Waals surface area (Å²) in [6.07, 6.45) is -0.596. The van der Waals surface area contributed by atoms with Crippen molar-refractivity contribution in [1.82, 2.24) is 20.2 Å². The smallest absolute Gasteiger partial charge is 0.413 e. The molecule has 9 heteroatoms. The van der Waals surface area contributed by atoms with Crippen molar-refractivity contribution in [2.45, 2.75) is 6.42 Å². The molecule has 0 atom stereocenters. The highest BCUT2D eigenvalue weighted by molar-refractivity contribution is 5.89. The van der Waals surface area contributed by atoms with E-state index >= 15 is 0 Å². The fraction of sp³-hybridized carbons (Fsp3) is 0.120. The molecular formula is C25H21N5O4. The van der Waals surface area contributed by atoms with Crippen molar-refractivity contribution in [3.63, 3.8) is 0 Å². The maximum absolute atomic E-state index is 12.1. The van der Waals surface area contributed by atoms with Crippen LogP contribution in [0, 0.1) is 0 Å². The van der Waals surface area contributed by atoms with Gasteiger partial charge in [0.25, 0.3) is 5.56 Å². The first-order valence-electron chi connectivity index (χ1n) is 10.5. The van der Waals surface area contributed by atoms with Crippen molar-refractivity contribution in [3.8, 4) is 16.9 Å². The Morgan fingerprint density at radius 3 is 2.62 bits per heavy atom. The fourth-order valence-electron chi connectivity index (χ4n) is 3.97. The monoisotopic (exact) mass is 455 g/mol. The van der Waals surface area contributed by atoms with Gasteiger partial charge in [-0.15, -0.1) is 0 Å². The Kier molecular flexibility index (Phi) is 5.21. The molecule has 2 heterocycles. The van der Waals surface area contributed by atoms with Gasteiger partial charge in [0.1, 0.15) is 5.75 Å². The lowest BCUT2D eigenvalue weighted by Crippen LogP contribution is -2.24. The van der Waals surface area contributed by atoms with Crippen molar-refractivity contribution >= 4 is 33.8 Å². The molecular weight excluding hydrogens is 434 g/mol. The molecule has 0 radical (unpaired) electrons. The predicted octanol–water partition coefficient (Wildman–Crippen LogP) is 4.18. The number of ether oxygens (including phenoxy) is 1. The summed E-state index contributed by atoms with van der Waals surface area (Å²) in [5, 5.41) is 17.5. The number of amides is 1. The summed E-state index contributed by atoms with van der Waals surface area (Å²) in [6.45, 7) is 0. The molecule has 3 aromatic carbocycles. The number of anilines is 1. The first-order valence-corrected chi connectivity index (χ1v) is 10.5. The van der Waals surface area contributed by atoms with E-state index in [2.05, 4.69) is 20.2 Å². The molecule has 0 saturated heterocycles. The van der Waals surface area contributed by atoms with Crippen LogP contribution < -0.4 is 15.2 Å². The number of hydrogen-bond donors (Lipinski definition) is 3. The number of carbonyl (C=O) groups is 1. The van der Waals surface area contributed by atoms with Crippen molar-refractivity contribution in [2.75, 3.05) is 19.1 Å². The van der Waals surface area contributed by atoms with E-state index in [9.17, 15) is 14.7 Å². The zero-order valence-corrected chi connectivity index (χ0v) is 18.5. The molecule has 0 saturated carbocycles. The summed E-state index contributed by atoms with van der Waals surface area (Å²) in [5.74, 6) is 0.944. The minimum atomic E-state index is -1.10. The minimum absolute atomic E-state index is 0.216. The van der Waals surface area contributed by atoms with Gasteiger partial charge in [0.15, 0.2) is 0 Å². The molecule has 0 aliphatic carbocycles. The second kappa shape index (κ2) is 8.36. The number of methoxy groups -OCH3 is 1. The van der Waals surface area contributed by atoms with Gasteiger partial charge in [0.2, 0.25) is 5.95 Å². The van der Waals surface area contributed by atoms with Crippen LogP contribution in [0.3, 0.4) is 0 Å². The second-order valence-corrected chi connectivity index (χ2v) is 7.93. The number of aromatic nitrogens is 4. The molecule has 0 unspecified atom stereocenters. The minimum Gasteiger partial charge on any atom is -0.497 e. The molecule has 3 N–H and O–H groups in total. The first kappa shape index (κ1) is 21.2. The Labute approximate surface area is 193 Å². The van der Waals surface area contributed by atoms with E-state index in [0.717, 1.165) is 38.2 Å². The molecule has 5 rings (SSSR count). The number of H-pyrrole nitrogens is 2. The van der Waals surface area contributed by atoms with Crippen LogP contribution in [0.15, 0.2) is 65.5 Å². The highest BCUT2D eigenvalue weighted by atomic mass is 16.5. The largest absolute Gasteiger partial charge is 0.497 e. The molecule has 0 fully saturated rings. The number of nitrogens with one attached hydrogen (secondary N) is 2. The summed E-state index contributed by atoms with van der Waals surface area (Å²) in [5.41, 5.74) is 4.74. The maximum atomic E-state index is 12.1. The average molecular weight is 455 g/mol. The van der Waals surface area contributed by atoms with Gasteiger partial charge in [-0.05, 0) is 47.0 Å². The molecule has 34 heavy (non-hydrogen) atoms. The summed E-state index contributed by atoms with van der Waals surface area (Å²) in [4.78, 5) is 31.8. The van der Waals surface area contributed by atoms with Crippen molar-refractivity contribution in [3.05, 3.63) is 82.3 Å². The Morgan fingerprint density at radius 2 is 1.85 bits per heavy atom.